The molecule has 4 aromatic carbocycles. The van der Waals surface area contributed by atoms with Crippen molar-refractivity contribution in [2.45, 2.75) is 0 Å². The molecule has 0 amide bonds. The van der Waals surface area contributed by atoms with Crippen LogP contribution in [-0.2, 0) is 0 Å². The van der Waals surface area contributed by atoms with E-state index in [9.17, 15) is 0 Å². The van der Waals surface area contributed by atoms with Crippen molar-refractivity contribution in [2.75, 3.05) is 0 Å². The van der Waals surface area contributed by atoms with Crippen LogP contribution >= 0.6 is 15.9 Å². The van der Waals surface area contributed by atoms with Crippen LogP contribution in [0.25, 0.3) is 55.1 Å². The Hall–Kier alpha value is -3.89. The number of aromatic nitrogens is 3. The van der Waals surface area contributed by atoms with E-state index < -0.39 is 0 Å². The van der Waals surface area contributed by atoms with Gasteiger partial charge in [0.1, 0.15) is 5.82 Å². The Morgan fingerprint density at radius 1 is 0.606 bits per heavy atom. The first-order valence-electron chi connectivity index (χ1n) is 10.9. The zero-order valence-electron chi connectivity index (χ0n) is 17.6. The molecule has 0 fully saturated rings. The Labute approximate surface area is 198 Å². The normalized spacial score (nSPS) is 11.8. The number of rotatable bonds is 2. The summed E-state index contributed by atoms with van der Waals surface area (Å²) in [5, 5.41) is 4.80. The van der Waals surface area contributed by atoms with Gasteiger partial charge in [-0.2, -0.15) is 0 Å². The number of nitrogens with zero attached hydrogens (tertiary/aromatic N) is 3. The van der Waals surface area contributed by atoms with Crippen LogP contribution in [-0.4, -0.2) is 14.1 Å². The fraction of sp³-hybridized carbons (Fsp3) is 0. The molecular weight excluding hydrogens is 470 g/mol. The van der Waals surface area contributed by atoms with Gasteiger partial charge in [0, 0.05) is 37.9 Å². The van der Waals surface area contributed by atoms with Crippen molar-refractivity contribution in [1.29, 1.82) is 0 Å². The van der Waals surface area contributed by atoms with Gasteiger partial charge in [0.05, 0.1) is 22.1 Å². The highest BCUT2D eigenvalue weighted by atomic mass is 79.9. The predicted octanol–water partition coefficient (Wildman–Crippen LogP) is 8.04. The van der Waals surface area contributed by atoms with Gasteiger partial charge >= 0.3 is 0 Å². The Morgan fingerprint density at radius 2 is 1.42 bits per heavy atom. The van der Waals surface area contributed by atoms with Crippen LogP contribution in [0.15, 0.2) is 114 Å². The zero-order chi connectivity index (χ0) is 21.9. The minimum Gasteiger partial charge on any atom is -0.316 e. The fourth-order valence-corrected chi connectivity index (χ4v) is 5.22. The molecule has 4 heteroatoms. The summed E-state index contributed by atoms with van der Waals surface area (Å²) in [6.45, 7) is 0. The van der Waals surface area contributed by atoms with Crippen molar-refractivity contribution in [2.24, 2.45) is 0 Å². The van der Waals surface area contributed by atoms with Crippen molar-refractivity contribution in [3.05, 3.63) is 114 Å². The second kappa shape index (κ2) is 7.06. The van der Waals surface area contributed by atoms with E-state index in [1.54, 1.807) is 0 Å². The number of fused-ring (bicyclic) bond motifs is 5. The van der Waals surface area contributed by atoms with Gasteiger partial charge in [-0.3, -0.25) is 4.57 Å². The molecule has 156 valence electrons. The lowest BCUT2D eigenvalue weighted by Crippen LogP contribution is -1.98. The molecule has 0 spiro atoms. The van der Waals surface area contributed by atoms with E-state index in [1.165, 1.54) is 21.7 Å². The SMILES string of the molecule is Brc1ccc2c(c1)c1cc3ccn(-c4ccccc4)c3cc1n2-c1ccc2ccccc2n1. The van der Waals surface area contributed by atoms with Crippen molar-refractivity contribution < 1.29 is 0 Å². The van der Waals surface area contributed by atoms with E-state index in [2.05, 4.69) is 128 Å². The van der Waals surface area contributed by atoms with Gasteiger partial charge in [-0.1, -0.05) is 52.3 Å². The molecule has 0 aliphatic rings. The second-order valence-corrected chi connectivity index (χ2v) is 9.22. The topological polar surface area (TPSA) is 22.8 Å². The number of hydrogen-bond acceptors (Lipinski definition) is 1. The van der Waals surface area contributed by atoms with E-state index in [-0.39, 0.29) is 0 Å². The Kier molecular flexibility index (Phi) is 3.99. The molecule has 0 saturated heterocycles. The molecule has 0 bridgehead atoms. The molecule has 0 radical (unpaired) electrons. The van der Waals surface area contributed by atoms with Gasteiger partial charge in [-0.25, -0.2) is 4.98 Å². The molecule has 0 aliphatic carbocycles. The smallest absolute Gasteiger partial charge is 0.138 e. The molecule has 33 heavy (non-hydrogen) atoms. The first kappa shape index (κ1) is 18.7. The summed E-state index contributed by atoms with van der Waals surface area (Å²) in [6, 6.07) is 36.3. The van der Waals surface area contributed by atoms with Crippen LogP contribution in [0.1, 0.15) is 0 Å². The lowest BCUT2D eigenvalue weighted by molar-refractivity contribution is 1.10. The van der Waals surface area contributed by atoms with E-state index in [4.69, 9.17) is 4.98 Å². The van der Waals surface area contributed by atoms with Crippen LogP contribution in [0.2, 0.25) is 0 Å². The predicted molar refractivity (Wildman–Crippen MR) is 141 cm³/mol. The molecule has 3 heterocycles. The van der Waals surface area contributed by atoms with Gasteiger partial charge in [-0.05, 0) is 66.7 Å². The molecule has 3 aromatic heterocycles. The lowest BCUT2D eigenvalue weighted by atomic mass is 10.1. The van der Waals surface area contributed by atoms with Crippen molar-refractivity contribution in [3.63, 3.8) is 0 Å². The number of hydrogen-bond donors (Lipinski definition) is 0. The molecule has 0 N–H and O–H groups in total. The lowest BCUT2D eigenvalue weighted by Gasteiger charge is -2.09. The van der Waals surface area contributed by atoms with E-state index >= 15 is 0 Å². The van der Waals surface area contributed by atoms with E-state index in [0.717, 1.165) is 37.9 Å². The monoisotopic (exact) mass is 487 g/mol. The Bertz CT molecular complexity index is 1830. The minimum absolute atomic E-state index is 0.924. The average molecular weight is 488 g/mol. The van der Waals surface area contributed by atoms with Crippen molar-refractivity contribution in [3.8, 4) is 11.5 Å². The second-order valence-electron chi connectivity index (χ2n) is 8.31. The molecule has 0 aliphatic heterocycles. The molecule has 0 saturated carbocycles. The summed E-state index contributed by atoms with van der Waals surface area (Å²) in [6.07, 6.45) is 2.15. The molecular formula is C29H18BrN3. The van der Waals surface area contributed by atoms with E-state index in [0.29, 0.717) is 0 Å². The molecule has 0 atom stereocenters. The van der Waals surface area contributed by atoms with Gasteiger partial charge in [0.15, 0.2) is 0 Å². The number of para-hydroxylation sites is 2. The summed E-state index contributed by atoms with van der Waals surface area (Å²) < 4.78 is 5.61. The summed E-state index contributed by atoms with van der Waals surface area (Å²) in [4.78, 5) is 5.03. The first-order chi connectivity index (χ1) is 16.3. The van der Waals surface area contributed by atoms with Crippen LogP contribution in [0.5, 0.6) is 0 Å². The quantitative estimate of drug-likeness (QED) is 0.242. The third-order valence-electron chi connectivity index (χ3n) is 6.39. The Balaban J connectivity index is 1.60. The van der Waals surface area contributed by atoms with Crippen molar-refractivity contribution in [1.82, 2.24) is 14.1 Å². The summed E-state index contributed by atoms with van der Waals surface area (Å²) in [5.41, 5.74) is 5.62. The molecule has 0 unspecified atom stereocenters. The molecule has 3 nitrogen and oxygen atoms in total. The zero-order valence-corrected chi connectivity index (χ0v) is 19.2. The van der Waals surface area contributed by atoms with Gasteiger partial charge in [0.25, 0.3) is 0 Å². The Morgan fingerprint density at radius 3 is 2.33 bits per heavy atom. The average Bonchev–Trinajstić information content (AvgIpc) is 3.41. The van der Waals surface area contributed by atoms with Crippen LogP contribution in [0.4, 0.5) is 0 Å². The highest BCUT2D eigenvalue weighted by molar-refractivity contribution is 9.10. The van der Waals surface area contributed by atoms with Crippen LogP contribution < -0.4 is 0 Å². The summed E-state index contributed by atoms with van der Waals surface area (Å²) in [7, 11) is 0. The van der Waals surface area contributed by atoms with Gasteiger partial charge in [-0.15, -0.1) is 0 Å². The maximum absolute atomic E-state index is 5.03. The van der Waals surface area contributed by atoms with Crippen LogP contribution in [0, 0.1) is 0 Å². The highest BCUT2D eigenvalue weighted by Crippen LogP contribution is 2.36. The van der Waals surface area contributed by atoms with Gasteiger partial charge < -0.3 is 4.57 Å². The largest absolute Gasteiger partial charge is 0.316 e. The molecule has 7 aromatic rings. The van der Waals surface area contributed by atoms with E-state index in [1.807, 2.05) is 6.07 Å². The fourth-order valence-electron chi connectivity index (χ4n) is 4.86. The number of halogens is 1. The van der Waals surface area contributed by atoms with Crippen molar-refractivity contribution >= 4 is 59.5 Å². The third kappa shape index (κ3) is 2.84. The summed E-state index contributed by atoms with van der Waals surface area (Å²) in [5.74, 6) is 0.924. The molecule has 7 rings (SSSR count). The summed E-state index contributed by atoms with van der Waals surface area (Å²) >= 11 is 3.67. The maximum atomic E-state index is 5.03. The number of benzene rings is 4. The number of pyridine rings is 1. The van der Waals surface area contributed by atoms with Gasteiger partial charge in [0.2, 0.25) is 0 Å². The standard InChI is InChI=1S/C29H18BrN3/c30-21-11-12-26-24(17-21)23-16-20-14-15-32(22-7-2-1-3-8-22)27(20)18-28(23)33(26)29-13-10-19-6-4-5-9-25(19)31-29/h1-18H. The first-order valence-corrected chi connectivity index (χ1v) is 11.7. The third-order valence-corrected chi connectivity index (χ3v) is 6.88. The minimum atomic E-state index is 0.924. The highest BCUT2D eigenvalue weighted by Gasteiger charge is 2.16. The van der Waals surface area contributed by atoms with Crippen LogP contribution in [0.3, 0.4) is 0 Å². The maximum Gasteiger partial charge on any atom is 0.138 e.